The minimum absolute atomic E-state index is 0.0925. The van der Waals surface area contributed by atoms with E-state index in [1.54, 1.807) is 25.3 Å². The number of aryl methyl sites for hydroxylation is 2. The molecule has 1 aromatic heterocycles. The summed E-state index contributed by atoms with van der Waals surface area (Å²) in [5.74, 6) is 0.0364. The van der Waals surface area contributed by atoms with E-state index in [2.05, 4.69) is 10.3 Å². The summed E-state index contributed by atoms with van der Waals surface area (Å²) in [6.45, 7) is 3.69. The number of hydrogen-bond acceptors (Lipinski definition) is 6. The van der Waals surface area contributed by atoms with Crippen LogP contribution >= 0.6 is 0 Å². The van der Waals surface area contributed by atoms with Crippen molar-refractivity contribution in [1.29, 1.82) is 0 Å². The zero-order valence-corrected chi connectivity index (χ0v) is 16.7. The Morgan fingerprint density at radius 1 is 1.00 bits per heavy atom. The van der Waals surface area contributed by atoms with Crippen LogP contribution in [0.25, 0.3) is 10.9 Å². The largest absolute Gasteiger partial charge is 0.497 e. The lowest BCUT2D eigenvalue weighted by Gasteiger charge is -2.12. The van der Waals surface area contributed by atoms with Crippen molar-refractivity contribution in [1.82, 2.24) is 4.98 Å². The summed E-state index contributed by atoms with van der Waals surface area (Å²) in [5, 5.41) is 3.44. The molecule has 0 fully saturated rings. The number of hydrogen-bond donors (Lipinski definition) is 1. The van der Waals surface area contributed by atoms with Gasteiger partial charge < -0.3 is 19.5 Å². The number of carbonyl (C=O) groups excluding carboxylic acids is 2. The Balaban J connectivity index is 1.85. The number of methoxy groups -OCH3 is 2. The fourth-order valence-corrected chi connectivity index (χ4v) is 3.02. The highest BCUT2D eigenvalue weighted by molar-refractivity contribution is 5.95. The van der Waals surface area contributed by atoms with E-state index in [4.69, 9.17) is 14.2 Å². The molecule has 0 aliphatic heterocycles. The molecule has 0 bridgehead atoms. The molecular formula is C22H22N2O5. The van der Waals surface area contributed by atoms with Gasteiger partial charge in [0.25, 0.3) is 5.91 Å². The highest BCUT2D eigenvalue weighted by atomic mass is 16.5. The van der Waals surface area contributed by atoms with Crippen molar-refractivity contribution in [3.05, 3.63) is 59.3 Å². The van der Waals surface area contributed by atoms with Crippen molar-refractivity contribution in [3.63, 3.8) is 0 Å². The van der Waals surface area contributed by atoms with Gasteiger partial charge in [0.2, 0.25) is 0 Å². The van der Waals surface area contributed by atoms with Crippen LogP contribution in [0.4, 0.5) is 5.69 Å². The molecule has 3 rings (SSSR count). The normalized spacial score (nSPS) is 10.5. The maximum absolute atomic E-state index is 12.4. The molecule has 0 saturated carbocycles. The summed E-state index contributed by atoms with van der Waals surface area (Å²) in [6.07, 6.45) is 0. The van der Waals surface area contributed by atoms with Gasteiger partial charge in [0.15, 0.2) is 12.3 Å². The topological polar surface area (TPSA) is 86.8 Å². The lowest BCUT2D eigenvalue weighted by atomic mass is 10.1. The van der Waals surface area contributed by atoms with E-state index in [0.29, 0.717) is 28.1 Å². The van der Waals surface area contributed by atoms with Gasteiger partial charge in [-0.2, -0.15) is 0 Å². The van der Waals surface area contributed by atoms with Gasteiger partial charge in [-0.3, -0.25) is 4.79 Å². The van der Waals surface area contributed by atoms with Crippen molar-refractivity contribution >= 4 is 28.5 Å². The molecule has 0 aliphatic carbocycles. The third-order valence-corrected chi connectivity index (χ3v) is 4.24. The quantitative estimate of drug-likeness (QED) is 0.642. The lowest BCUT2D eigenvalue weighted by Crippen LogP contribution is -2.20. The molecule has 1 amide bonds. The second-order valence-electron chi connectivity index (χ2n) is 6.59. The highest BCUT2D eigenvalue weighted by Crippen LogP contribution is 2.29. The molecular weight excluding hydrogens is 372 g/mol. The number of aromatic nitrogens is 1. The number of anilines is 1. The number of fused-ring (bicyclic) bond motifs is 1. The number of ether oxygens (including phenoxy) is 3. The summed E-state index contributed by atoms with van der Waals surface area (Å²) in [5.41, 5.74) is 3.42. The maximum Gasteiger partial charge on any atom is 0.356 e. The summed E-state index contributed by atoms with van der Waals surface area (Å²) in [7, 11) is 2.83. The molecule has 0 spiro atoms. The molecule has 7 nitrogen and oxygen atoms in total. The molecule has 2 aromatic carbocycles. The third-order valence-electron chi connectivity index (χ3n) is 4.24. The van der Waals surface area contributed by atoms with Gasteiger partial charge in [-0.05, 0) is 55.3 Å². The van der Waals surface area contributed by atoms with E-state index in [9.17, 15) is 9.59 Å². The van der Waals surface area contributed by atoms with Crippen LogP contribution < -0.4 is 14.8 Å². The van der Waals surface area contributed by atoms with Gasteiger partial charge in [-0.1, -0.05) is 6.07 Å². The predicted octanol–water partition coefficient (Wildman–Crippen LogP) is 3.66. The smallest absolute Gasteiger partial charge is 0.356 e. The number of rotatable bonds is 6. The van der Waals surface area contributed by atoms with E-state index in [1.165, 1.54) is 13.2 Å². The van der Waals surface area contributed by atoms with Crippen LogP contribution in [-0.4, -0.2) is 37.7 Å². The zero-order chi connectivity index (χ0) is 21.0. The van der Waals surface area contributed by atoms with Crippen molar-refractivity contribution < 1.29 is 23.8 Å². The van der Waals surface area contributed by atoms with E-state index in [-0.39, 0.29) is 18.2 Å². The Kier molecular flexibility index (Phi) is 5.97. The maximum atomic E-state index is 12.4. The molecule has 0 unspecified atom stereocenters. The van der Waals surface area contributed by atoms with E-state index in [0.717, 1.165) is 11.1 Å². The number of benzene rings is 2. The number of nitrogens with one attached hydrogen (secondary N) is 1. The number of nitrogens with zero attached hydrogens (tertiary/aromatic N) is 1. The van der Waals surface area contributed by atoms with Crippen molar-refractivity contribution in [2.75, 3.05) is 26.1 Å². The van der Waals surface area contributed by atoms with E-state index in [1.807, 2.05) is 32.0 Å². The monoisotopic (exact) mass is 394 g/mol. The van der Waals surface area contributed by atoms with Crippen LogP contribution in [0.3, 0.4) is 0 Å². The van der Waals surface area contributed by atoms with Gasteiger partial charge in [-0.25, -0.2) is 9.78 Å². The first-order chi connectivity index (χ1) is 13.9. The number of esters is 1. The Labute approximate surface area is 168 Å². The molecule has 0 saturated heterocycles. The van der Waals surface area contributed by atoms with Gasteiger partial charge in [0, 0.05) is 17.1 Å². The Morgan fingerprint density at radius 2 is 1.72 bits per heavy atom. The zero-order valence-electron chi connectivity index (χ0n) is 16.7. The molecule has 150 valence electrons. The van der Waals surface area contributed by atoms with Crippen LogP contribution in [0.5, 0.6) is 11.5 Å². The Hall–Kier alpha value is -3.61. The minimum Gasteiger partial charge on any atom is -0.497 e. The Bertz CT molecular complexity index is 1060. The van der Waals surface area contributed by atoms with Gasteiger partial charge in [0.05, 0.1) is 19.7 Å². The molecule has 0 aliphatic rings. The standard InChI is InChI=1S/C22H22N2O5/c1-13-7-14(2)9-15(8-13)23-21(25)12-29-20-11-19(22(26)28-4)24-18-6-5-16(27-3)10-17(18)20/h5-11H,12H2,1-4H3,(H,23,25). The molecule has 3 aromatic rings. The Morgan fingerprint density at radius 3 is 2.38 bits per heavy atom. The molecule has 1 N–H and O–H groups in total. The third kappa shape index (κ3) is 4.82. The predicted molar refractivity (Wildman–Crippen MR) is 110 cm³/mol. The number of amides is 1. The number of carbonyl (C=O) groups is 2. The van der Waals surface area contributed by atoms with Crippen molar-refractivity contribution in [2.24, 2.45) is 0 Å². The van der Waals surface area contributed by atoms with Gasteiger partial charge >= 0.3 is 5.97 Å². The van der Waals surface area contributed by atoms with Gasteiger partial charge in [0.1, 0.15) is 11.5 Å². The van der Waals surface area contributed by atoms with E-state index >= 15 is 0 Å². The molecule has 1 heterocycles. The summed E-state index contributed by atoms with van der Waals surface area (Å²) in [4.78, 5) is 28.6. The molecule has 0 atom stereocenters. The van der Waals surface area contributed by atoms with Crippen LogP contribution in [-0.2, 0) is 9.53 Å². The summed E-state index contributed by atoms with van der Waals surface area (Å²) in [6, 6.07) is 12.4. The summed E-state index contributed by atoms with van der Waals surface area (Å²) < 4.78 is 15.7. The average molecular weight is 394 g/mol. The van der Waals surface area contributed by atoms with Crippen molar-refractivity contribution in [3.8, 4) is 11.5 Å². The van der Waals surface area contributed by atoms with Crippen LogP contribution in [0.2, 0.25) is 0 Å². The van der Waals surface area contributed by atoms with Gasteiger partial charge in [-0.15, -0.1) is 0 Å². The van der Waals surface area contributed by atoms with Crippen LogP contribution in [0.1, 0.15) is 21.6 Å². The SMILES string of the molecule is COC(=O)c1cc(OCC(=O)Nc2cc(C)cc(C)c2)c2cc(OC)ccc2n1. The fourth-order valence-electron chi connectivity index (χ4n) is 3.02. The fraction of sp³-hybridized carbons (Fsp3) is 0.227. The number of pyridine rings is 1. The minimum atomic E-state index is -0.591. The van der Waals surface area contributed by atoms with E-state index < -0.39 is 5.97 Å². The second-order valence-corrected chi connectivity index (χ2v) is 6.59. The summed E-state index contributed by atoms with van der Waals surface area (Å²) >= 11 is 0. The molecule has 29 heavy (non-hydrogen) atoms. The first kappa shape index (κ1) is 20.1. The molecule has 0 radical (unpaired) electrons. The van der Waals surface area contributed by atoms with Crippen molar-refractivity contribution in [2.45, 2.75) is 13.8 Å². The van der Waals surface area contributed by atoms with Crippen LogP contribution in [0, 0.1) is 13.8 Å². The first-order valence-corrected chi connectivity index (χ1v) is 8.97. The average Bonchev–Trinajstić information content (AvgIpc) is 2.69. The molecule has 7 heteroatoms. The van der Waals surface area contributed by atoms with Crippen LogP contribution in [0.15, 0.2) is 42.5 Å². The first-order valence-electron chi connectivity index (χ1n) is 8.97. The lowest BCUT2D eigenvalue weighted by molar-refractivity contribution is -0.118. The highest BCUT2D eigenvalue weighted by Gasteiger charge is 2.15. The second kappa shape index (κ2) is 8.60.